The quantitative estimate of drug-likeness (QED) is 0.177. The van der Waals surface area contributed by atoms with Crippen LogP contribution >= 0.6 is 0 Å². The molecule has 44 heavy (non-hydrogen) atoms. The number of benzene rings is 2. The number of ether oxygens (including phenoxy) is 1. The van der Waals surface area contributed by atoms with Gasteiger partial charge < -0.3 is 15.2 Å². The van der Waals surface area contributed by atoms with Crippen LogP contribution in [0, 0.1) is 0 Å². The lowest BCUT2D eigenvalue weighted by Crippen LogP contribution is -2.50. The highest BCUT2D eigenvalue weighted by molar-refractivity contribution is 7.91. The summed E-state index contributed by atoms with van der Waals surface area (Å²) >= 11 is 0. The molecule has 4 N–H and O–H groups in total. The van der Waals surface area contributed by atoms with Crippen LogP contribution in [0.25, 0.3) is 0 Å². The van der Waals surface area contributed by atoms with Crippen molar-refractivity contribution in [1.82, 2.24) is 10.6 Å². The van der Waals surface area contributed by atoms with Gasteiger partial charge >= 0.3 is 12.1 Å². The summed E-state index contributed by atoms with van der Waals surface area (Å²) in [5, 5.41) is 13.9. The molecule has 0 bridgehead atoms. The zero-order valence-electron chi connectivity index (χ0n) is 25.0. The Hall–Kier alpha value is -2.72. The van der Waals surface area contributed by atoms with Gasteiger partial charge in [0.2, 0.25) is 0 Å². The Labute approximate surface area is 257 Å². The summed E-state index contributed by atoms with van der Waals surface area (Å²) in [6.45, 7) is 4.84. The van der Waals surface area contributed by atoms with Crippen molar-refractivity contribution < 1.29 is 49.2 Å². The number of hydrogen-bond donors (Lipinski definition) is 4. The minimum atomic E-state index is -5.08. The zero-order chi connectivity index (χ0) is 33.2. The first kappa shape index (κ1) is 37.5. The van der Waals surface area contributed by atoms with Crippen LogP contribution in [-0.2, 0) is 31.2 Å². The molecule has 0 saturated carbocycles. The Morgan fingerprint density at radius 2 is 1.77 bits per heavy atom. The van der Waals surface area contributed by atoms with Crippen molar-refractivity contribution in [2.24, 2.45) is 0 Å². The van der Waals surface area contributed by atoms with Crippen molar-refractivity contribution in [2.45, 2.75) is 75.0 Å². The summed E-state index contributed by atoms with van der Waals surface area (Å²) in [4.78, 5) is 9.24. The number of halogens is 3. The molecule has 2 aromatic rings. The van der Waals surface area contributed by atoms with Crippen molar-refractivity contribution >= 4 is 25.9 Å². The van der Waals surface area contributed by atoms with Gasteiger partial charge in [0.15, 0.2) is 9.84 Å². The highest BCUT2D eigenvalue weighted by atomic mass is 32.2. The first-order chi connectivity index (χ1) is 20.5. The number of aryl methyl sites for hydroxylation is 1. The Morgan fingerprint density at radius 1 is 1.14 bits per heavy atom. The van der Waals surface area contributed by atoms with E-state index >= 15 is 0 Å². The fourth-order valence-electron chi connectivity index (χ4n) is 5.04. The molecule has 0 spiro atoms. The Kier molecular flexibility index (Phi) is 13.6. The van der Waals surface area contributed by atoms with Gasteiger partial charge in [-0.3, -0.25) is 9.87 Å². The molecule has 0 amide bonds. The second-order valence-corrected chi connectivity index (χ2v) is 14.2. The van der Waals surface area contributed by atoms with Gasteiger partial charge in [0.05, 0.1) is 29.6 Å². The molecule has 15 heteroatoms. The van der Waals surface area contributed by atoms with Gasteiger partial charge in [0, 0.05) is 12.1 Å². The summed E-state index contributed by atoms with van der Waals surface area (Å²) in [6.07, 6.45) is -0.478. The zero-order valence-corrected chi connectivity index (χ0v) is 26.6. The number of sulfone groups is 1. The molecule has 3 rings (SSSR count). The van der Waals surface area contributed by atoms with E-state index in [0.29, 0.717) is 42.0 Å². The average Bonchev–Trinajstić information content (AvgIpc) is 3.04. The van der Waals surface area contributed by atoms with Gasteiger partial charge in [-0.15, -0.1) is 0 Å². The molecule has 1 aliphatic heterocycles. The molecule has 10 nitrogen and oxygen atoms in total. The molecule has 0 radical (unpaired) electrons. The first-order valence-corrected chi connectivity index (χ1v) is 17.5. The molecular weight excluding hydrogens is 625 g/mol. The molecule has 248 valence electrons. The van der Waals surface area contributed by atoms with Gasteiger partial charge in [-0.25, -0.2) is 13.2 Å². The molecular formula is C29H41F3N2O8S2. The van der Waals surface area contributed by atoms with Crippen LogP contribution in [0.2, 0.25) is 0 Å². The molecule has 1 aliphatic rings. The van der Waals surface area contributed by atoms with Gasteiger partial charge in [-0.05, 0) is 61.1 Å². The topological polar surface area (TPSA) is 159 Å². The maximum atomic E-state index is 13.9. The van der Waals surface area contributed by atoms with Crippen LogP contribution < -0.4 is 15.4 Å². The van der Waals surface area contributed by atoms with Crippen molar-refractivity contribution in [3.8, 4) is 5.75 Å². The lowest BCUT2D eigenvalue weighted by molar-refractivity contribution is -0.192. The number of fused-ring (bicyclic) bond motifs is 1. The number of carboxylic acid groups (broad SMARTS) is 1. The standard InChI is InChI=1S/C27H40N2O6S2.C2HF3O2/c1-4-6-14-27(5-2)20-36(30,31)25-18-22(13-10-15-28-16-17-37(32,33)34)24(35-3)19-23(25)26(29-27)21-11-8-7-9-12-21;3-2(4,5)1(6)7/h7-9,11-12,18-19,26,28-29H,4-6,10,13-17,20H2,1-3H3,(H,32,33,34);(H,6,7)/t26-,27-;/m1./s1. The van der Waals surface area contributed by atoms with E-state index in [1.165, 1.54) is 0 Å². The van der Waals surface area contributed by atoms with Crippen LogP contribution in [0.5, 0.6) is 5.75 Å². The largest absolute Gasteiger partial charge is 0.496 e. The summed E-state index contributed by atoms with van der Waals surface area (Å²) in [5.74, 6) is -2.44. The molecule has 0 unspecified atom stereocenters. The van der Waals surface area contributed by atoms with E-state index in [1.807, 2.05) is 36.4 Å². The highest BCUT2D eigenvalue weighted by Gasteiger charge is 2.42. The second kappa shape index (κ2) is 16.0. The third kappa shape index (κ3) is 11.0. The second-order valence-electron chi connectivity index (χ2n) is 10.6. The smallest absolute Gasteiger partial charge is 0.490 e. The number of methoxy groups -OCH3 is 1. The predicted molar refractivity (Wildman–Crippen MR) is 160 cm³/mol. The number of carboxylic acids is 1. The summed E-state index contributed by atoms with van der Waals surface area (Å²) in [5.41, 5.74) is 1.96. The van der Waals surface area contributed by atoms with Gasteiger partial charge in [-0.1, -0.05) is 57.0 Å². The molecule has 0 saturated heterocycles. The third-order valence-corrected chi connectivity index (χ3v) is 10.0. The normalized spacial score (nSPS) is 19.7. The average molecular weight is 667 g/mol. The number of carbonyl (C=O) groups is 1. The van der Waals surface area contributed by atoms with Crippen LogP contribution in [0.3, 0.4) is 0 Å². The van der Waals surface area contributed by atoms with Crippen LogP contribution in [0.15, 0.2) is 47.4 Å². The Balaban J connectivity index is 0.000000860. The Morgan fingerprint density at radius 3 is 2.30 bits per heavy atom. The first-order valence-electron chi connectivity index (χ1n) is 14.2. The van der Waals surface area contributed by atoms with Crippen LogP contribution in [0.4, 0.5) is 13.2 Å². The number of hydrogen-bond acceptors (Lipinski definition) is 8. The van der Waals surface area contributed by atoms with Crippen molar-refractivity contribution in [3.05, 3.63) is 59.2 Å². The molecule has 2 atom stereocenters. The summed E-state index contributed by atoms with van der Waals surface area (Å²) in [6, 6.07) is 13.3. The van der Waals surface area contributed by atoms with E-state index in [-0.39, 0.29) is 24.1 Å². The molecule has 2 aromatic carbocycles. The van der Waals surface area contributed by atoms with Gasteiger partial charge in [-0.2, -0.15) is 21.6 Å². The van der Waals surface area contributed by atoms with Crippen molar-refractivity contribution in [1.29, 1.82) is 0 Å². The Bertz CT molecular complexity index is 1450. The van der Waals surface area contributed by atoms with E-state index in [0.717, 1.165) is 30.4 Å². The number of alkyl halides is 3. The van der Waals surface area contributed by atoms with E-state index < -0.39 is 37.6 Å². The lowest BCUT2D eigenvalue weighted by atomic mass is 9.87. The SMILES string of the molecule is CCCC[C@]1(CC)CS(=O)(=O)c2cc(CCCNCCS(=O)(=O)O)c(OC)cc2[C@@H](c2ccccc2)N1.O=C(O)C(F)(F)F. The summed E-state index contributed by atoms with van der Waals surface area (Å²) in [7, 11) is -6.02. The monoisotopic (exact) mass is 666 g/mol. The molecule has 0 aromatic heterocycles. The predicted octanol–water partition coefficient (Wildman–Crippen LogP) is 4.54. The summed E-state index contributed by atoms with van der Waals surface area (Å²) < 4.78 is 95.9. The van der Waals surface area contributed by atoms with E-state index in [1.54, 1.807) is 13.2 Å². The maximum absolute atomic E-state index is 13.9. The number of rotatable bonds is 13. The minimum Gasteiger partial charge on any atom is -0.496 e. The van der Waals surface area contributed by atoms with Crippen LogP contribution in [0.1, 0.15) is 68.7 Å². The van der Waals surface area contributed by atoms with Gasteiger partial charge in [0.1, 0.15) is 5.75 Å². The fourth-order valence-corrected chi connectivity index (χ4v) is 7.62. The molecule has 0 aliphatic carbocycles. The van der Waals surface area contributed by atoms with Crippen molar-refractivity contribution in [2.75, 3.05) is 31.7 Å². The van der Waals surface area contributed by atoms with Gasteiger partial charge in [0.25, 0.3) is 10.1 Å². The highest BCUT2D eigenvalue weighted by Crippen LogP contribution is 2.41. The number of nitrogens with one attached hydrogen (secondary N) is 2. The van der Waals surface area contributed by atoms with Crippen LogP contribution in [-0.4, -0.2) is 75.9 Å². The van der Waals surface area contributed by atoms with Crippen molar-refractivity contribution in [3.63, 3.8) is 0 Å². The number of unbranched alkanes of at least 4 members (excludes halogenated alkanes) is 1. The third-order valence-electron chi connectivity index (χ3n) is 7.37. The molecule has 1 heterocycles. The van der Waals surface area contributed by atoms with E-state index in [4.69, 9.17) is 19.2 Å². The fraction of sp³-hybridized carbons (Fsp3) is 0.552. The lowest BCUT2D eigenvalue weighted by Gasteiger charge is -2.36. The molecule has 0 fully saturated rings. The maximum Gasteiger partial charge on any atom is 0.490 e. The van der Waals surface area contributed by atoms with E-state index in [2.05, 4.69) is 24.5 Å². The minimum absolute atomic E-state index is 0.0375. The van der Waals surface area contributed by atoms with E-state index in [9.17, 15) is 30.0 Å². The number of aliphatic carboxylic acids is 1.